The Morgan fingerprint density at radius 3 is 2.21 bits per heavy atom. The predicted octanol–water partition coefficient (Wildman–Crippen LogP) is 17.0. The molecule has 3 heteroatoms. The Bertz CT molecular complexity index is 3560. The number of benzene rings is 6. The second-order valence-corrected chi connectivity index (χ2v) is 17.7. The van der Waals surface area contributed by atoms with Crippen LogP contribution in [0, 0.1) is 6.92 Å². The molecule has 0 fully saturated rings. The first-order valence-corrected chi connectivity index (χ1v) is 23.7. The number of aromatic nitrogens is 3. The zero-order valence-electron chi connectivity index (χ0n) is 38.3. The molecule has 0 amide bonds. The van der Waals surface area contributed by atoms with Gasteiger partial charge in [-0.2, -0.15) is 0 Å². The van der Waals surface area contributed by atoms with Crippen molar-refractivity contribution in [3.05, 3.63) is 240 Å². The highest BCUT2D eigenvalue weighted by atomic mass is 15.0. The van der Waals surface area contributed by atoms with Gasteiger partial charge in [-0.05, 0) is 151 Å². The number of aryl methyl sites for hydroxylation is 2. The van der Waals surface area contributed by atoms with Crippen LogP contribution in [0.4, 0.5) is 0 Å². The lowest BCUT2D eigenvalue weighted by Crippen LogP contribution is -1.99. The molecule has 9 aromatic rings. The number of hydrogen-bond acceptors (Lipinski definition) is 1. The summed E-state index contributed by atoms with van der Waals surface area (Å²) < 4.78 is 4.86. The van der Waals surface area contributed by atoms with Crippen LogP contribution in [-0.4, -0.2) is 14.1 Å². The molecule has 3 aromatic heterocycles. The van der Waals surface area contributed by atoms with E-state index in [0.717, 1.165) is 66.1 Å². The fraction of sp³-hybridized carbons (Fsp3) is 0.109. The highest BCUT2D eigenvalue weighted by Crippen LogP contribution is 2.39. The van der Waals surface area contributed by atoms with Crippen molar-refractivity contribution >= 4 is 56.1 Å². The van der Waals surface area contributed by atoms with E-state index in [2.05, 4.69) is 230 Å². The Balaban J connectivity index is 1.02. The van der Waals surface area contributed by atoms with Gasteiger partial charge in [-0.15, -0.1) is 0 Å². The zero-order chi connectivity index (χ0) is 45.3. The molecule has 0 saturated carbocycles. The summed E-state index contributed by atoms with van der Waals surface area (Å²) in [5.74, 6) is 0. The van der Waals surface area contributed by atoms with Crippen LogP contribution in [0.2, 0.25) is 0 Å². The Hall–Kier alpha value is -8.01. The third-order valence-corrected chi connectivity index (χ3v) is 13.6. The standard InChI is InChI=1S/C64H53N3/c1-4-6-28-61-44(3)54-38-33-50(42-63(54)66(61)53-36-31-47(32-37-53)56-27-17-24-46-19-13-14-25-55(46)56)51-34-39-58-57-26-15-16-29-62(57)67(64(58)43-51)52(18-5-2)35-30-45-40-59(48-20-9-7-10-21-48)65-60(41-45)49-22-11-8-12-23-49/h4-7,9-11,14-18,20-29,31-43H,1,8,12-13,19,30H2,2-3H3/b18-5-,28-6-,52-35+. The smallest absolute Gasteiger partial charge is 0.0712 e. The largest absolute Gasteiger partial charge is 0.310 e. The molecule has 0 bridgehead atoms. The maximum atomic E-state index is 5.18. The minimum absolute atomic E-state index is 0.751. The number of allylic oxidation sites excluding steroid dienone is 11. The number of rotatable bonds is 11. The van der Waals surface area contributed by atoms with Gasteiger partial charge in [-0.3, -0.25) is 0 Å². The molecule has 11 rings (SSSR count). The Labute approximate surface area is 394 Å². The molecule has 0 saturated heterocycles. The van der Waals surface area contributed by atoms with E-state index in [0.29, 0.717) is 0 Å². The predicted molar refractivity (Wildman–Crippen MR) is 287 cm³/mol. The summed E-state index contributed by atoms with van der Waals surface area (Å²) in [5, 5.41) is 3.70. The average molecular weight is 864 g/mol. The van der Waals surface area contributed by atoms with E-state index in [4.69, 9.17) is 4.98 Å². The van der Waals surface area contributed by atoms with Crippen LogP contribution in [0.5, 0.6) is 0 Å². The van der Waals surface area contributed by atoms with Crippen molar-refractivity contribution in [2.24, 2.45) is 0 Å². The van der Waals surface area contributed by atoms with Crippen molar-refractivity contribution in [1.82, 2.24) is 14.1 Å². The molecule has 67 heavy (non-hydrogen) atoms. The molecule has 2 aliphatic rings. The summed E-state index contributed by atoms with van der Waals surface area (Å²) >= 11 is 0. The maximum absolute atomic E-state index is 5.18. The summed E-state index contributed by atoms with van der Waals surface area (Å²) in [6.07, 6.45) is 29.3. The monoisotopic (exact) mass is 863 g/mol. The number of para-hydroxylation sites is 1. The normalized spacial score (nSPS) is 13.9. The van der Waals surface area contributed by atoms with Gasteiger partial charge in [0, 0.05) is 38.8 Å². The van der Waals surface area contributed by atoms with Crippen molar-refractivity contribution in [2.75, 3.05) is 0 Å². The van der Waals surface area contributed by atoms with E-state index in [1.807, 2.05) is 12.2 Å². The molecule has 3 heterocycles. The lowest BCUT2D eigenvalue weighted by molar-refractivity contribution is 0.986. The third kappa shape index (κ3) is 7.87. The third-order valence-electron chi connectivity index (χ3n) is 13.6. The van der Waals surface area contributed by atoms with Crippen LogP contribution >= 0.6 is 0 Å². The van der Waals surface area contributed by atoms with E-state index >= 15 is 0 Å². The minimum Gasteiger partial charge on any atom is -0.310 e. The van der Waals surface area contributed by atoms with Crippen molar-refractivity contribution in [2.45, 2.75) is 46.0 Å². The van der Waals surface area contributed by atoms with E-state index < -0.39 is 0 Å². The molecule has 0 atom stereocenters. The van der Waals surface area contributed by atoms with Crippen LogP contribution in [0.1, 0.15) is 59.8 Å². The van der Waals surface area contributed by atoms with Crippen LogP contribution in [0.15, 0.2) is 207 Å². The first-order valence-electron chi connectivity index (χ1n) is 23.7. The van der Waals surface area contributed by atoms with Gasteiger partial charge >= 0.3 is 0 Å². The van der Waals surface area contributed by atoms with Gasteiger partial charge in [0.25, 0.3) is 0 Å². The molecule has 6 aromatic carbocycles. The second kappa shape index (κ2) is 18.1. The van der Waals surface area contributed by atoms with Crippen molar-refractivity contribution in [3.8, 4) is 39.2 Å². The van der Waals surface area contributed by atoms with E-state index in [9.17, 15) is 0 Å². The summed E-state index contributed by atoms with van der Waals surface area (Å²) in [6, 6.07) is 53.7. The van der Waals surface area contributed by atoms with Crippen LogP contribution in [0.25, 0.3) is 95.3 Å². The van der Waals surface area contributed by atoms with E-state index in [1.165, 1.54) is 82.8 Å². The summed E-state index contributed by atoms with van der Waals surface area (Å²) in [6.45, 7) is 8.35. The fourth-order valence-corrected chi connectivity index (χ4v) is 10.3. The average Bonchev–Trinajstić information content (AvgIpc) is 3.87. The first-order chi connectivity index (χ1) is 33.1. The van der Waals surface area contributed by atoms with E-state index in [-0.39, 0.29) is 0 Å². The lowest BCUT2D eigenvalue weighted by Gasteiger charge is -2.16. The van der Waals surface area contributed by atoms with Crippen LogP contribution in [0.3, 0.4) is 0 Å². The first kappa shape index (κ1) is 41.7. The highest BCUT2D eigenvalue weighted by molar-refractivity contribution is 6.11. The topological polar surface area (TPSA) is 22.8 Å². The Morgan fingerprint density at radius 2 is 1.40 bits per heavy atom. The highest BCUT2D eigenvalue weighted by Gasteiger charge is 2.19. The number of fused-ring (bicyclic) bond motifs is 5. The van der Waals surface area contributed by atoms with Gasteiger partial charge in [0.1, 0.15) is 0 Å². The number of nitrogens with zero attached hydrogens (tertiary/aromatic N) is 3. The summed E-state index contributed by atoms with van der Waals surface area (Å²) in [7, 11) is 0. The van der Waals surface area contributed by atoms with E-state index in [1.54, 1.807) is 0 Å². The molecule has 2 aliphatic carbocycles. The molecule has 0 aliphatic heterocycles. The number of hydrogen-bond donors (Lipinski definition) is 0. The van der Waals surface area contributed by atoms with Gasteiger partial charge < -0.3 is 9.13 Å². The molecular weight excluding hydrogens is 811 g/mol. The van der Waals surface area contributed by atoms with Gasteiger partial charge in [-0.1, -0.05) is 164 Å². The van der Waals surface area contributed by atoms with Gasteiger partial charge in [-0.25, -0.2) is 4.98 Å². The molecule has 324 valence electrons. The molecular formula is C64H53N3. The van der Waals surface area contributed by atoms with Crippen molar-refractivity contribution in [3.63, 3.8) is 0 Å². The van der Waals surface area contributed by atoms with Crippen molar-refractivity contribution < 1.29 is 0 Å². The minimum atomic E-state index is 0.751. The Kier molecular flexibility index (Phi) is 11.3. The number of pyridine rings is 1. The second-order valence-electron chi connectivity index (χ2n) is 17.7. The maximum Gasteiger partial charge on any atom is 0.0712 e. The van der Waals surface area contributed by atoms with Gasteiger partial charge in [0.2, 0.25) is 0 Å². The van der Waals surface area contributed by atoms with Crippen molar-refractivity contribution in [1.29, 1.82) is 0 Å². The molecule has 3 nitrogen and oxygen atoms in total. The molecule has 0 radical (unpaired) electrons. The molecule has 0 unspecified atom stereocenters. The van der Waals surface area contributed by atoms with Gasteiger partial charge in [0.15, 0.2) is 0 Å². The Morgan fingerprint density at radius 1 is 0.657 bits per heavy atom. The van der Waals surface area contributed by atoms with Crippen LogP contribution in [-0.2, 0) is 12.8 Å². The lowest BCUT2D eigenvalue weighted by atomic mass is 9.90. The SMILES string of the molecule is C=C/C=C\c1c(C)c2ccc(-c3ccc4c5ccccc5n(C(/C=C\C)=C/Cc5cc(C6=CCCC=C6)nc(-c6ccccc6)c5)c4c3)cc2n1-c1ccc(-c2cccc3c2C=CCC3)cc1. The van der Waals surface area contributed by atoms with Crippen LogP contribution < -0.4 is 0 Å². The fourth-order valence-electron chi connectivity index (χ4n) is 10.3. The zero-order valence-corrected chi connectivity index (χ0v) is 38.3. The summed E-state index contributed by atoms with van der Waals surface area (Å²) in [4.78, 5) is 5.18. The summed E-state index contributed by atoms with van der Waals surface area (Å²) in [5.41, 5.74) is 21.4. The quantitative estimate of drug-likeness (QED) is 0.119. The molecule has 0 N–H and O–H groups in total. The van der Waals surface area contributed by atoms with Gasteiger partial charge in [0.05, 0.1) is 27.9 Å². The molecule has 0 spiro atoms.